The number of carboxylic acid groups (broad SMARTS) is 1. The van der Waals surface area contributed by atoms with E-state index < -0.39 is 12.1 Å². The highest BCUT2D eigenvalue weighted by Gasteiger charge is 2.37. The zero-order chi connectivity index (χ0) is 24.4. The number of ether oxygens (including phenoxy) is 1. The second kappa shape index (κ2) is 10.1. The monoisotopic (exact) mass is 476 g/mol. The van der Waals surface area contributed by atoms with E-state index in [0.29, 0.717) is 13.0 Å². The first-order chi connectivity index (χ1) is 17.0. The summed E-state index contributed by atoms with van der Waals surface area (Å²) in [5.41, 5.74) is 4.67. The van der Waals surface area contributed by atoms with Gasteiger partial charge in [0.05, 0.1) is 6.42 Å². The first kappa shape index (κ1) is 23.4. The lowest BCUT2D eigenvalue weighted by molar-refractivity contribution is -0.142. The number of fused-ring (bicyclic) bond motifs is 3. The van der Waals surface area contributed by atoms with Gasteiger partial charge in [-0.15, -0.1) is 0 Å². The van der Waals surface area contributed by atoms with E-state index in [1.54, 1.807) is 4.90 Å². The molecule has 2 fully saturated rings. The SMILES string of the molecule is O=C(O)C[C@H]1CCCCN1C(=O)CC(NC(=O)OCC1c2ccccc2-c2ccccc21)C1CC1. The zero-order valence-electron chi connectivity index (χ0n) is 19.8. The maximum Gasteiger partial charge on any atom is 0.407 e. The standard InChI is InChI=1S/C28H32N2O5/c31-26(30-14-6-5-7-19(30)15-27(32)33)16-25(18-12-13-18)29-28(34)35-17-24-22-10-3-1-8-20(22)21-9-2-4-11-23(21)24/h1-4,8-11,18-19,24-25H,5-7,12-17H2,(H,29,34)(H,32,33)/t19-,25?/m1/s1. The first-order valence-electron chi connectivity index (χ1n) is 12.6. The number of carbonyl (C=O) groups excluding carboxylic acids is 2. The van der Waals surface area contributed by atoms with Crippen LogP contribution >= 0.6 is 0 Å². The van der Waals surface area contributed by atoms with Crippen LogP contribution in [0.15, 0.2) is 48.5 Å². The van der Waals surface area contributed by atoms with Crippen molar-refractivity contribution in [3.63, 3.8) is 0 Å². The number of amides is 2. The van der Waals surface area contributed by atoms with Crippen LogP contribution in [0.4, 0.5) is 4.79 Å². The number of hydrogen-bond acceptors (Lipinski definition) is 4. The maximum absolute atomic E-state index is 13.1. The van der Waals surface area contributed by atoms with Crippen LogP contribution in [0.3, 0.4) is 0 Å². The number of benzene rings is 2. The molecule has 0 spiro atoms. The highest BCUT2D eigenvalue weighted by Crippen LogP contribution is 2.44. The molecule has 1 heterocycles. The third-order valence-corrected chi connectivity index (χ3v) is 7.59. The number of hydrogen-bond donors (Lipinski definition) is 2. The summed E-state index contributed by atoms with van der Waals surface area (Å²) in [6.07, 6.45) is 4.13. The van der Waals surface area contributed by atoms with E-state index >= 15 is 0 Å². The number of nitrogens with zero attached hydrogens (tertiary/aromatic N) is 1. The summed E-state index contributed by atoms with van der Waals surface area (Å²) >= 11 is 0. The molecule has 7 nitrogen and oxygen atoms in total. The van der Waals surface area contributed by atoms with Gasteiger partial charge in [-0.05, 0) is 60.3 Å². The predicted molar refractivity (Wildman–Crippen MR) is 131 cm³/mol. The third-order valence-electron chi connectivity index (χ3n) is 7.59. The lowest BCUT2D eigenvalue weighted by Crippen LogP contribution is -2.48. The molecule has 7 heteroatoms. The van der Waals surface area contributed by atoms with Crippen LogP contribution in [0.25, 0.3) is 11.1 Å². The van der Waals surface area contributed by atoms with Gasteiger partial charge in [-0.2, -0.15) is 0 Å². The summed E-state index contributed by atoms with van der Waals surface area (Å²) < 4.78 is 5.70. The second-order valence-electron chi connectivity index (χ2n) is 9.95. The Kier molecular flexibility index (Phi) is 6.75. The van der Waals surface area contributed by atoms with Gasteiger partial charge in [0.1, 0.15) is 6.61 Å². The molecule has 2 atom stereocenters. The number of carbonyl (C=O) groups is 3. The zero-order valence-corrected chi connectivity index (χ0v) is 19.8. The molecule has 184 valence electrons. The van der Waals surface area contributed by atoms with Crippen LogP contribution in [-0.2, 0) is 14.3 Å². The minimum atomic E-state index is -0.884. The van der Waals surface area contributed by atoms with Gasteiger partial charge in [-0.25, -0.2) is 4.79 Å². The fourth-order valence-electron chi connectivity index (χ4n) is 5.67. The van der Waals surface area contributed by atoms with Crippen molar-refractivity contribution >= 4 is 18.0 Å². The summed E-state index contributed by atoms with van der Waals surface area (Å²) in [7, 11) is 0. The molecule has 0 bridgehead atoms. The molecule has 2 aromatic carbocycles. The van der Waals surface area contributed by atoms with E-state index in [0.717, 1.165) is 36.8 Å². The predicted octanol–water partition coefficient (Wildman–Crippen LogP) is 4.55. The Morgan fingerprint density at radius 3 is 2.26 bits per heavy atom. The number of rotatable bonds is 8. The summed E-state index contributed by atoms with van der Waals surface area (Å²) in [5, 5.41) is 12.2. The molecular formula is C28H32N2O5. The second-order valence-corrected chi connectivity index (χ2v) is 9.95. The molecule has 1 saturated carbocycles. The van der Waals surface area contributed by atoms with Crippen molar-refractivity contribution in [2.75, 3.05) is 13.2 Å². The summed E-state index contributed by atoms with van der Waals surface area (Å²) in [5.74, 6) is -0.710. The highest BCUT2D eigenvalue weighted by atomic mass is 16.5. The van der Waals surface area contributed by atoms with E-state index in [4.69, 9.17) is 4.74 Å². The van der Waals surface area contributed by atoms with Gasteiger partial charge in [0.15, 0.2) is 0 Å². The van der Waals surface area contributed by atoms with Crippen molar-refractivity contribution in [1.29, 1.82) is 0 Å². The molecular weight excluding hydrogens is 444 g/mol. The van der Waals surface area contributed by atoms with Gasteiger partial charge in [-0.1, -0.05) is 48.5 Å². The summed E-state index contributed by atoms with van der Waals surface area (Å²) in [4.78, 5) is 38.9. The molecule has 3 aliphatic rings. The van der Waals surface area contributed by atoms with E-state index in [9.17, 15) is 19.5 Å². The topological polar surface area (TPSA) is 95.9 Å². The van der Waals surface area contributed by atoms with Crippen LogP contribution in [-0.4, -0.2) is 53.2 Å². The largest absolute Gasteiger partial charge is 0.481 e. The fraction of sp³-hybridized carbons (Fsp3) is 0.464. The highest BCUT2D eigenvalue weighted by molar-refractivity contribution is 5.80. The Bertz CT molecular complexity index is 1070. The van der Waals surface area contributed by atoms with Crippen LogP contribution in [0.2, 0.25) is 0 Å². The third kappa shape index (κ3) is 5.19. The molecule has 35 heavy (non-hydrogen) atoms. The van der Waals surface area contributed by atoms with Gasteiger partial charge in [0.25, 0.3) is 0 Å². The maximum atomic E-state index is 13.1. The van der Waals surface area contributed by atoms with Crippen molar-refractivity contribution in [2.45, 2.75) is 62.9 Å². The summed E-state index contributed by atoms with van der Waals surface area (Å²) in [6, 6.07) is 15.9. The van der Waals surface area contributed by atoms with Crippen LogP contribution in [0.1, 0.15) is 62.0 Å². The molecule has 2 amide bonds. The molecule has 1 aliphatic heterocycles. The molecule has 0 radical (unpaired) electrons. The number of alkyl carbamates (subject to hydrolysis) is 1. The number of piperidine rings is 1. The van der Waals surface area contributed by atoms with Crippen molar-refractivity contribution in [3.8, 4) is 11.1 Å². The number of likely N-dealkylation sites (tertiary alicyclic amines) is 1. The molecule has 1 unspecified atom stereocenters. The van der Waals surface area contributed by atoms with E-state index in [-0.39, 0.29) is 49.3 Å². The minimum Gasteiger partial charge on any atom is -0.481 e. The lowest BCUT2D eigenvalue weighted by atomic mass is 9.97. The van der Waals surface area contributed by atoms with Crippen molar-refractivity contribution < 1.29 is 24.2 Å². The molecule has 2 aliphatic carbocycles. The van der Waals surface area contributed by atoms with Crippen molar-refractivity contribution in [2.24, 2.45) is 5.92 Å². The first-order valence-corrected chi connectivity index (χ1v) is 12.6. The summed E-state index contributed by atoms with van der Waals surface area (Å²) in [6.45, 7) is 0.817. The van der Waals surface area contributed by atoms with Crippen molar-refractivity contribution in [3.05, 3.63) is 59.7 Å². The van der Waals surface area contributed by atoms with Gasteiger partial charge < -0.3 is 20.1 Å². The molecule has 1 saturated heterocycles. The van der Waals surface area contributed by atoms with Crippen LogP contribution in [0, 0.1) is 5.92 Å². The van der Waals surface area contributed by atoms with E-state index in [2.05, 4.69) is 29.6 Å². The Labute approximate surface area is 205 Å². The minimum absolute atomic E-state index is 0.0146. The molecule has 5 rings (SSSR count). The molecule has 0 aromatic heterocycles. The van der Waals surface area contributed by atoms with Crippen LogP contribution < -0.4 is 5.32 Å². The average Bonchev–Trinajstić information content (AvgIpc) is 3.65. The molecule has 2 aromatic rings. The van der Waals surface area contributed by atoms with E-state index in [1.807, 2.05) is 24.3 Å². The fourth-order valence-corrected chi connectivity index (χ4v) is 5.67. The molecule has 2 N–H and O–H groups in total. The average molecular weight is 477 g/mol. The van der Waals surface area contributed by atoms with Gasteiger partial charge >= 0.3 is 12.1 Å². The Morgan fingerprint density at radius 1 is 0.971 bits per heavy atom. The Balaban J connectivity index is 1.20. The smallest absolute Gasteiger partial charge is 0.407 e. The Morgan fingerprint density at radius 2 is 1.63 bits per heavy atom. The Hall–Kier alpha value is -3.35. The normalized spacial score (nSPS) is 20.0. The van der Waals surface area contributed by atoms with Crippen LogP contribution in [0.5, 0.6) is 0 Å². The van der Waals surface area contributed by atoms with Gasteiger partial charge in [-0.3, -0.25) is 9.59 Å². The quantitative estimate of drug-likeness (QED) is 0.583. The van der Waals surface area contributed by atoms with Gasteiger partial charge in [0, 0.05) is 31.0 Å². The van der Waals surface area contributed by atoms with Gasteiger partial charge in [0.2, 0.25) is 5.91 Å². The van der Waals surface area contributed by atoms with Crippen molar-refractivity contribution in [1.82, 2.24) is 10.2 Å². The number of carboxylic acids is 1. The number of nitrogens with one attached hydrogen (secondary N) is 1. The van der Waals surface area contributed by atoms with E-state index in [1.165, 1.54) is 11.1 Å². The number of aliphatic carboxylic acids is 1. The lowest BCUT2D eigenvalue weighted by Gasteiger charge is -2.36.